The second-order valence-corrected chi connectivity index (χ2v) is 5.85. The molecule has 2 amide bonds. The van der Waals surface area contributed by atoms with Crippen LogP contribution in [0.5, 0.6) is 0 Å². The van der Waals surface area contributed by atoms with E-state index in [-0.39, 0.29) is 17.2 Å². The van der Waals surface area contributed by atoms with Crippen molar-refractivity contribution in [3.63, 3.8) is 0 Å². The zero-order valence-corrected chi connectivity index (χ0v) is 13.7. The molecule has 2 N–H and O–H groups in total. The highest BCUT2D eigenvalue weighted by Crippen LogP contribution is 2.30. The molecule has 1 aromatic carbocycles. The van der Waals surface area contributed by atoms with E-state index in [1.165, 1.54) is 6.07 Å². The molecule has 2 aromatic rings. The number of hydrogen-bond donors (Lipinski definition) is 2. The molecule has 0 atom stereocenters. The van der Waals surface area contributed by atoms with Gasteiger partial charge in [0, 0.05) is 30.4 Å². The van der Waals surface area contributed by atoms with Gasteiger partial charge in [-0.25, -0.2) is 4.79 Å². The first kappa shape index (κ1) is 16.8. The number of aromatic carboxylic acids is 1. The third kappa shape index (κ3) is 3.40. The van der Waals surface area contributed by atoms with Gasteiger partial charge in [-0.2, -0.15) is 0 Å². The summed E-state index contributed by atoms with van der Waals surface area (Å²) in [6.45, 7) is 2.69. The lowest BCUT2D eigenvalue weighted by molar-refractivity contribution is -0.118. The summed E-state index contributed by atoms with van der Waals surface area (Å²) in [5.41, 5.74) is 2.37. The zero-order valence-electron chi connectivity index (χ0n) is 13.7. The number of carbonyl (C=O) groups is 3. The molecule has 0 aliphatic carbocycles. The van der Waals surface area contributed by atoms with Gasteiger partial charge in [-0.3, -0.25) is 9.59 Å². The van der Waals surface area contributed by atoms with E-state index in [0.29, 0.717) is 25.1 Å². The molecular weight excluding hydrogens is 324 g/mol. The molecule has 3 rings (SSSR count). The molecule has 2 heterocycles. The second-order valence-electron chi connectivity index (χ2n) is 5.85. The van der Waals surface area contributed by atoms with E-state index in [1.54, 1.807) is 11.0 Å². The number of hydrogen-bond acceptors (Lipinski definition) is 4. The summed E-state index contributed by atoms with van der Waals surface area (Å²) >= 11 is 0. The number of furan rings is 1. The standard InChI is InChI=1S/C18H18N2O5/c1-2-7-20-14-5-4-13(8-11(14)3-6-16(20)21)19-17(22)15-9-12(10-25-15)18(23)24/h4-5,8-10H,2-3,6-7H2,1H3,(H,19,22)(H,23,24). The molecule has 0 unspecified atom stereocenters. The number of nitrogens with one attached hydrogen (secondary N) is 1. The molecule has 1 aliphatic heterocycles. The third-order valence-electron chi connectivity index (χ3n) is 4.05. The summed E-state index contributed by atoms with van der Waals surface area (Å²) < 4.78 is 4.99. The summed E-state index contributed by atoms with van der Waals surface area (Å²) in [6, 6.07) is 6.56. The number of amides is 2. The number of fused-ring (bicyclic) bond motifs is 1. The molecule has 0 saturated heterocycles. The van der Waals surface area contributed by atoms with Gasteiger partial charge < -0.3 is 19.7 Å². The average Bonchev–Trinajstić information content (AvgIpc) is 3.08. The Morgan fingerprint density at radius 2 is 2.08 bits per heavy atom. The molecular formula is C18H18N2O5. The van der Waals surface area contributed by atoms with Crippen molar-refractivity contribution >= 4 is 29.2 Å². The Labute approximate surface area is 144 Å². The number of benzene rings is 1. The lowest BCUT2D eigenvalue weighted by Gasteiger charge is -2.29. The zero-order chi connectivity index (χ0) is 18.0. The molecule has 0 fully saturated rings. The summed E-state index contributed by atoms with van der Waals surface area (Å²) in [5, 5.41) is 11.6. The van der Waals surface area contributed by atoms with Crippen LogP contribution in [0.25, 0.3) is 0 Å². The van der Waals surface area contributed by atoms with Crippen LogP contribution in [0.1, 0.15) is 46.2 Å². The van der Waals surface area contributed by atoms with Crippen molar-refractivity contribution in [2.24, 2.45) is 0 Å². The van der Waals surface area contributed by atoms with Gasteiger partial charge in [-0.1, -0.05) is 6.92 Å². The molecule has 25 heavy (non-hydrogen) atoms. The van der Waals surface area contributed by atoms with Crippen molar-refractivity contribution in [2.45, 2.75) is 26.2 Å². The lowest BCUT2D eigenvalue weighted by Crippen LogP contribution is -2.35. The third-order valence-corrected chi connectivity index (χ3v) is 4.05. The van der Waals surface area contributed by atoms with Gasteiger partial charge in [0.15, 0.2) is 5.76 Å². The molecule has 0 saturated carbocycles. The first-order valence-corrected chi connectivity index (χ1v) is 8.06. The van der Waals surface area contributed by atoms with Crippen LogP contribution in [-0.2, 0) is 11.2 Å². The fourth-order valence-corrected chi connectivity index (χ4v) is 2.87. The minimum atomic E-state index is -1.16. The number of anilines is 2. The van der Waals surface area contributed by atoms with E-state index >= 15 is 0 Å². The Morgan fingerprint density at radius 3 is 2.76 bits per heavy atom. The van der Waals surface area contributed by atoms with E-state index in [9.17, 15) is 14.4 Å². The van der Waals surface area contributed by atoms with Gasteiger partial charge in [-0.15, -0.1) is 0 Å². The maximum atomic E-state index is 12.2. The van der Waals surface area contributed by atoms with E-state index in [4.69, 9.17) is 9.52 Å². The molecule has 0 bridgehead atoms. The second kappa shape index (κ2) is 6.80. The monoisotopic (exact) mass is 342 g/mol. The minimum absolute atomic E-state index is 0.0714. The highest BCUT2D eigenvalue weighted by atomic mass is 16.4. The number of aryl methyl sites for hydroxylation is 1. The number of carboxylic acid groups (broad SMARTS) is 1. The predicted octanol–water partition coefficient (Wildman–Crippen LogP) is 2.92. The maximum absolute atomic E-state index is 12.2. The highest BCUT2D eigenvalue weighted by molar-refractivity contribution is 6.04. The quantitative estimate of drug-likeness (QED) is 0.870. The SMILES string of the molecule is CCCN1C(=O)CCc2cc(NC(=O)c3cc(C(=O)O)co3)ccc21. The van der Waals surface area contributed by atoms with Gasteiger partial charge in [0.1, 0.15) is 6.26 Å². The summed E-state index contributed by atoms with van der Waals surface area (Å²) in [6.07, 6.45) is 2.97. The maximum Gasteiger partial charge on any atom is 0.338 e. The van der Waals surface area contributed by atoms with Crippen LogP contribution in [0.2, 0.25) is 0 Å². The van der Waals surface area contributed by atoms with Crippen LogP contribution in [0.3, 0.4) is 0 Å². The number of nitrogens with zero attached hydrogens (tertiary/aromatic N) is 1. The highest BCUT2D eigenvalue weighted by Gasteiger charge is 2.24. The van der Waals surface area contributed by atoms with Crippen molar-refractivity contribution in [3.05, 3.63) is 47.4 Å². The van der Waals surface area contributed by atoms with Crippen LogP contribution < -0.4 is 10.2 Å². The van der Waals surface area contributed by atoms with Crippen LogP contribution in [-0.4, -0.2) is 29.4 Å². The molecule has 1 aromatic heterocycles. The fourth-order valence-electron chi connectivity index (χ4n) is 2.87. The van der Waals surface area contributed by atoms with E-state index in [1.807, 2.05) is 19.1 Å². The largest absolute Gasteiger partial charge is 0.478 e. The topological polar surface area (TPSA) is 99.9 Å². The smallest absolute Gasteiger partial charge is 0.338 e. The van der Waals surface area contributed by atoms with Gasteiger partial charge in [0.25, 0.3) is 5.91 Å². The molecule has 7 nitrogen and oxygen atoms in total. The van der Waals surface area contributed by atoms with Gasteiger partial charge in [0.05, 0.1) is 5.56 Å². The van der Waals surface area contributed by atoms with Gasteiger partial charge in [0.2, 0.25) is 5.91 Å². The van der Waals surface area contributed by atoms with Crippen molar-refractivity contribution < 1.29 is 23.9 Å². The van der Waals surface area contributed by atoms with Crippen LogP contribution in [0.15, 0.2) is 34.9 Å². The van der Waals surface area contributed by atoms with Gasteiger partial charge >= 0.3 is 5.97 Å². The van der Waals surface area contributed by atoms with E-state index in [0.717, 1.165) is 23.9 Å². The Balaban J connectivity index is 1.79. The van der Waals surface area contributed by atoms with Crippen molar-refractivity contribution in [2.75, 3.05) is 16.8 Å². The normalized spacial score (nSPS) is 13.5. The van der Waals surface area contributed by atoms with E-state index in [2.05, 4.69) is 5.32 Å². The van der Waals surface area contributed by atoms with Gasteiger partial charge in [-0.05, 0) is 36.6 Å². The Hall–Kier alpha value is -3.09. The molecule has 0 radical (unpaired) electrons. The molecule has 7 heteroatoms. The Bertz CT molecular complexity index is 840. The summed E-state index contributed by atoms with van der Waals surface area (Å²) in [4.78, 5) is 36.8. The van der Waals surface area contributed by atoms with Crippen molar-refractivity contribution in [3.8, 4) is 0 Å². The van der Waals surface area contributed by atoms with Crippen molar-refractivity contribution in [1.29, 1.82) is 0 Å². The molecule has 130 valence electrons. The minimum Gasteiger partial charge on any atom is -0.478 e. The average molecular weight is 342 g/mol. The predicted molar refractivity (Wildman–Crippen MR) is 91.0 cm³/mol. The number of carbonyl (C=O) groups excluding carboxylic acids is 2. The van der Waals surface area contributed by atoms with Crippen LogP contribution in [0.4, 0.5) is 11.4 Å². The molecule has 1 aliphatic rings. The van der Waals surface area contributed by atoms with Crippen molar-refractivity contribution in [1.82, 2.24) is 0 Å². The number of carboxylic acids is 1. The first-order valence-electron chi connectivity index (χ1n) is 8.06. The Kier molecular flexibility index (Phi) is 4.56. The van der Waals surface area contributed by atoms with E-state index < -0.39 is 11.9 Å². The first-order chi connectivity index (χ1) is 12.0. The summed E-state index contributed by atoms with van der Waals surface area (Å²) in [7, 11) is 0. The van der Waals surface area contributed by atoms with Crippen LogP contribution >= 0.6 is 0 Å². The lowest BCUT2D eigenvalue weighted by atomic mass is 10.00. The fraction of sp³-hybridized carbons (Fsp3) is 0.278. The summed E-state index contributed by atoms with van der Waals surface area (Å²) in [5.74, 6) is -1.64. The molecule has 0 spiro atoms. The number of rotatable bonds is 5. The Morgan fingerprint density at radius 1 is 1.28 bits per heavy atom. The van der Waals surface area contributed by atoms with Crippen LogP contribution in [0, 0.1) is 0 Å².